The summed E-state index contributed by atoms with van der Waals surface area (Å²) in [6.45, 7) is 4.48. The summed E-state index contributed by atoms with van der Waals surface area (Å²) in [4.78, 5) is 0. The van der Waals surface area contributed by atoms with Gasteiger partial charge >= 0.3 is 0 Å². The van der Waals surface area contributed by atoms with Gasteiger partial charge in [-0.25, -0.2) is 9.13 Å². The van der Waals surface area contributed by atoms with Gasteiger partial charge < -0.3 is 0 Å². The number of hydrogen-bond acceptors (Lipinski definition) is 0. The van der Waals surface area contributed by atoms with Crippen molar-refractivity contribution in [2.24, 2.45) is 0 Å². The first kappa shape index (κ1) is 28.2. The van der Waals surface area contributed by atoms with Crippen LogP contribution in [-0.4, -0.2) is 4.57 Å². The highest BCUT2D eigenvalue weighted by Gasteiger charge is 2.18. The summed E-state index contributed by atoms with van der Waals surface area (Å²) in [5.41, 5.74) is 2.76. The molecule has 0 N–H and O–H groups in total. The molecule has 0 bridgehead atoms. The molecule has 2 nitrogen and oxygen atoms in total. The zero-order chi connectivity index (χ0) is 25.1. The van der Waals surface area contributed by atoms with Crippen LogP contribution in [0.15, 0.2) is 73.1 Å². The summed E-state index contributed by atoms with van der Waals surface area (Å²) in [6.07, 6.45) is 26.6. The van der Waals surface area contributed by atoms with Crippen LogP contribution >= 0.6 is 0 Å². The third-order valence-electron chi connectivity index (χ3n) is 7.46. The van der Waals surface area contributed by atoms with Crippen molar-refractivity contribution in [2.75, 3.05) is 0 Å². The second-order valence-electron chi connectivity index (χ2n) is 10.6. The molecule has 0 aliphatic heterocycles. The fourth-order valence-electron chi connectivity index (χ4n) is 5.32. The van der Waals surface area contributed by atoms with Crippen molar-refractivity contribution in [2.45, 2.75) is 123 Å². The summed E-state index contributed by atoms with van der Waals surface area (Å²) in [5, 5.41) is 0. The van der Waals surface area contributed by atoms with Crippen molar-refractivity contribution in [3.8, 4) is 11.4 Å². The van der Waals surface area contributed by atoms with Crippen LogP contribution in [-0.2, 0) is 19.5 Å². The van der Waals surface area contributed by atoms with Gasteiger partial charge in [0.15, 0.2) is 0 Å². The number of benzene rings is 2. The van der Waals surface area contributed by atoms with E-state index in [1.807, 2.05) is 0 Å². The highest BCUT2D eigenvalue weighted by molar-refractivity contribution is 5.52. The van der Waals surface area contributed by atoms with E-state index in [4.69, 9.17) is 0 Å². The van der Waals surface area contributed by atoms with Crippen molar-refractivity contribution in [3.63, 3.8) is 0 Å². The van der Waals surface area contributed by atoms with Crippen LogP contribution in [0, 0.1) is 0 Å². The summed E-state index contributed by atoms with van der Waals surface area (Å²) in [6, 6.07) is 21.8. The molecule has 0 aliphatic carbocycles. The van der Waals surface area contributed by atoms with E-state index in [2.05, 4.69) is 89.1 Å². The fraction of sp³-hybridized carbons (Fsp3) is 0.559. The lowest BCUT2D eigenvalue weighted by Gasteiger charge is -2.07. The Morgan fingerprint density at radius 2 is 1.11 bits per heavy atom. The average molecular weight is 488 g/mol. The van der Waals surface area contributed by atoms with Crippen LogP contribution in [0.3, 0.4) is 0 Å². The van der Waals surface area contributed by atoms with Gasteiger partial charge in [0.25, 0.3) is 5.82 Å². The van der Waals surface area contributed by atoms with Crippen LogP contribution in [0.5, 0.6) is 0 Å². The Bertz CT molecular complexity index is 913. The maximum absolute atomic E-state index is 2.48. The molecule has 2 heteroatoms. The summed E-state index contributed by atoms with van der Waals surface area (Å²) < 4.78 is 4.94. The molecule has 0 radical (unpaired) electrons. The van der Waals surface area contributed by atoms with Gasteiger partial charge in [-0.05, 0) is 43.4 Å². The van der Waals surface area contributed by atoms with E-state index in [9.17, 15) is 0 Å². The van der Waals surface area contributed by atoms with E-state index >= 15 is 0 Å². The maximum Gasteiger partial charge on any atom is 0.288 e. The first-order valence-electron chi connectivity index (χ1n) is 15.1. The van der Waals surface area contributed by atoms with E-state index in [0.29, 0.717) is 0 Å². The molecule has 0 unspecified atom stereocenters. The molecule has 1 heterocycles. The summed E-state index contributed by atoms with van der Waals surface area (Å²) in [5.74, 6) is 1.36. The number of nitrogens with zero attached hydrogens (tertiary/aromatic N) is 2. The van der Waals surface area contributed by atoms with Crippen LogP contribution in [0.2, 0.25) is 0 Å². The molecule has 0 aliphatic rings. The van der Waals surface area contributed by atoms with Crippen molar-refractivity contribution in [1.82, 2.24) is 4.57 Å². The van der Waals surface area contributed by atoms with Crippen LogP contribution in [0.4, 0.5) is 0 Å². The van der Waals surface area contributed by atoms with E-state index < -0.39 is 0 Å². The third-order valence-corrected chi connectivity index (χ3v) is 7.46. The van der Waals surface area contributed by atoms with E-state index in [-0.39, 0.29) is 0 Å². The third kappa shape index (κ3) is 10.7. The Morgan fingerprint density at radius 1 is 0.583 bits per heavy atom. The molecule has 0 saturated carbocycles. The normalized spacial score (nSPS) is 11.2. The lowest BCUT2D eigenvalue weighted by atomic mass is 10.0. The van der Waals surface area contributed by atoms with Gasteiger partial charge in [0, 0.05) is 0 Å². The topological polar surface area (TPSA) is 8.81 Å². The highest BCUT2D eigenvalue weighted by atomic mass is 15.1. The molecule has 0 spiro atoms. The van der Waals surface area contributed by atoms with Crippen molar-refractivity contribution >= 4 is 0 Å². The van der Waals surface area contributed by atoms with Crippen molar-refractivity contribution in [3.05, 3.63) is 78.6 Å². The van der Waals surface area contributed by atoms with E-state index in [1.165, 1.54) is 107 Å². The van der Waals surface area contributed by atoms with Gasteiger partial charge in [-0.1, -0.05) is 133 Å². The highest BCUT2D eigenvalue weighted by Crippen LogP contribution is 2.18. The molecular weight excluding hydrogens is 436 g/mol. The van der Waals surface area contributed by atoms with Gasteiger partial charge in [0.05, 0.1) is 18.7 Å². The predicted octanol–water partition coefficient (Wildman–Crippen LogP) is 9.56. The van der Waals surface area contributed by atoms with Crippen molar-refractivity contribution < 1.29 is 4.57 Å². The molecule has 0 saturated heterocycles. The molecule has 36 heavy (non-hydrogen) atoms. The minimum atomic E-state index is 1.06. The Labute approximate surface area is 221 Å². The zero-order valence-electron chi connectivity index (χ0n) is 23.1. The number of aromatic nitrogens is 2. The minimum absolute atomic E-state index is 1.06. The quantitative estimate of drug-likeness (QED) is 0.111. The van der Waals surface area contributed by atoms with Crippen LogP contribution in [0.1, 0.15) is 109 Å². The molecule has 3 rings (SSSR count). The van der Waals surface area contributed by atoms with Gasteiger partial charge in [0.1, 0.15) is 12.4 Å². The lowest BCUT2D eigenvalue weighted by molar-refractivity contribution is -0.685. The van der Waals surface area contributed by atoms with Crippen LogP contribution < -0.4 is 4.57 Å². The monoisotopic (exact) mass is 487 g/mol. The fourth-order valence-corrected chi connectivity index (χ4v) is 5.32. The standard InChI is InChI=1S/C34H51N2/c1-2-3-4-5-6-7-8-9-10-11-12-13-14-21-28-35-30-31-36(34(35)33-26-19-16-20-27-33)29-22-25-32-23-17-15-18-24-32/h15-20,23-24,26-27,30-31H,2-14,21-22,25,28-29H2,1H3/q+1. The Morgan fingerprint density at radius 3 is 1.69 bits per heavy atom. The first-order valence-corrected chi connectivity index (χ1v) is 15.1. The SMILES string of the molecule is CCCCCCCCCCCCCCCCn1cc[n+](CCCc2ccccc2)c1-c1ccccc1. The molecule has 1 aromatic heterocycles. The summed E-state index contributed by atoms with van der Waals surface area (Å²) in [7, 11) is 0. The Kier molecular flexibility index (Phi) is 14.1. The molecule has 0 amide bonds. The molecule has 3 aromatic rings. The lowest BCUT2D eigenvalue weighted by Crippen LogP contribution is -2.35. The second kappa shape index (κ2) is 18.0. The number of rotatable bonds is 20. The molecule has 2 aromatic carbocycles. The second-order valence-corrected chi connectivity index (χ2v) is 10.6. The van der Waals surface area contributed by atoms with Gasteiger partial charge in [-0.3, -0.25) is 0 Å². The van der Waals surface area contributed by atoms with Crippen molar-refractivity contribution in [1.29, 1.82) is 0 Å². The first-order chi connectivity index (χ1) is 17.9. The number of imidazole rings is 1. The van der Waals surface area contributed by atoms with Gasteiger partial charge in [-0.15, -0.1) is 0 Å². The summed E-state index contributed by atoms with van der Waals surface area (Å²) >= 11 is 0. The van der Waals surface area contributed by atoms with E-state index in [0.717, 1.165) is 25.9 Å². The average Bonchev–Trinajstić information content (AvgIpc) is 3.32. The minimum Gasteiger partial charge on any atom is -0.230 e. The van der Waals surface area contributed by atoms with Gasteiger partial charge in [0.2, 0.25) is 0 Å². The number of unbranched alkanes of at least 4 members (excludes halogenated alkanes) is 13. The maximum atomic E-state index is 2.48. The Hall–Kier alpha value is -2.35. The molecule has 0 fully saturated rings. The number of hydrogen-bond donors (Lipinski definition) is 0. The zero-order valence-corrected chi connectivity index (χ0v) is 23.1. The van der Waals surface area contributed by atoms with Gasteiger partial charge in [-0.2, -0.15) is 0 Å². The molecule has 196 valence electrons. The smallest absolute Gasteiger partial charge is 0.230 e. The predicted molar refractivity (Wildman–Crippen MR) is 155 cm³/mol. The Balaban J connectivity index is 1.34. The number of aryl methyl sites for hydroxylation is 3. The van der Waals surface area contributed by atoms with E-state index in [1.54, 1.807) is 0 Å². The van der Waals surface area contributed by atoms with Crippen LogP contribution in [0.25, 0.3) is 11.4 Å². The molecular formula is C34H51N2+. The largest absolute Gasteiger partial charge is 0.288 e. The molecule has 0 atom stereocenters.